The minimum Gasteiger partial charge on any atom is -0.481 e. The van der Waals surface area contributed by atoms with Crippen LogP contribution < -0.4 is 5.73 Å². The molecule has 0 fully saturated rings. The number of rotatable bonds is 6. The van der Waals surface area contributed by atoms with Gasteiger partial charge in [-0.15, -0.1) is 11.8 Å². The van der Waals surface area contributed by atoms with E-state index in [0.29, 0.717) is 5.75 Å². The molecule has 0 aliphatic rings. The summed E-state index contributed by atoms with van der Waals surface area (Å²) in [6.45, 7) is 1.79. The number of benzene rings is 1. The highest BCUT2D eigenvalue weighted by molar-refractivity contribution is 7.99. The molecule has 4 nitrogen and oxygen atoms in total. The predicted octanol–water partition coefficient (Wildman–Crippen LogP) is 1.53. The highest BCUT2D eigenvalue weighted by atomic mass is 32.2. The van der Waals surface area contributed by atoms with Crippen molar-refractivity contribution in [2.45, 2.75) is 18.2 Å². The lowest BCUT2D eigenvalue weighted by Gasteiger charge is -2.06. The molecule has 1 atom stereocenters. The smallest absolute Gasteiger partial charge is 0.307 e. The summed E-state index contributed by atoms with van der Waals surface area (Å²) in [5, 5.41) is 8.62. The van der Waals surface area contributed by atoms with Gasteiger partial charge in [0, 0.05) is 16.6 Å². The van der Waals surface area contributed by atoms with Crippen LogP contribution in [-0.4, -0.2) is 22.7 Å². The number of thioether (sulfide) groups is 1. The van der Waals surface area contributed by atoms with Crippen molar-refractivity contribution in [1.29, 1.82) is 0 Å². The molecule has 0 saturated heterocycles. The minimum absolute atomic E-state index is 0.0304. The molecule has 0 spiro atoms. The van der Waals surface area contributed by atoms with Crippen molar-refractivity contribution in [3.05, 3.63) is 29.8 Å². The highest BCUT2D eigenvalue weighted by Crippen LogP contribution is 2.21. The van der Waals surface area contributed by atoms with Gasteiger partial charge >= 0.3 is 5.97 Å². The summed E-state index contributed by atoms with van der Waals surface area (Å²) in [5.41, 5.74) is 5.93. The van der Waals surface area contributed by atoms with Crippen LogP contribution in [0, 0.1) is 5.92 Å². The van der Waals surface area contributed by atoms with Crippen molar-refractivity contribution in [1.82, 2.24) is 0 Å². The Labute approximate surface area is 104 Å². The molecular weight excluding hydrogens is 238 g/mol. The Hall–Kier alpha value is -1.49. The molecule has 1 unspecified atom stereocenters. The van der Waals surface area contributed by atoms with Gasteiger partial charge in [0.15, 0.2) is 0 Å². The molecular formula is C12H15NO3S. The van der Waals surface area contributed by atoms with Gasteiger partial charge in [-0.2, -0.15) is 0 Å². The van der Waals surface area contributed by atoms with E-state index in [1.54, 1.807) is 19.1 Å². The maximum absolute atomic E-state index is 10.8. The van der Waals surface area contributed by atoms with Gasteiger partial charge in [-0.05, 0) is 17.7 Å². The number of hydrogen-bond acceptors (Lipinski definition) is 3. The van der Waals surface area contributed by atoms with Crippen LogP contribution in [0.25, 0.3) is 0 Å². The summed E-state index contributed by atoms with van der Waals surface area (Å²) >= 11 is 1.54. The Morgan fingerprint density at radius 3 is 2.41 bits per heavy atom. The van der Waals surface area contributed by atoms with Gasteiger partial charge < -0.3 is 10.8 Å². The molecule has 0 heterocycles. The Bertz CT molecular complexity index is 403. The first-order valence-corrected chi connectivity index (χ1v) is 6.20. The van der Waals surface area contributed by atoms with Crippen LogP contribution in [0.4, 0.5) is 0 Å². The third kappa shape index (κ3) is 4.91. The SMILES string of the molecule is CC(CSc1ccc(CC(=O)O)cc1)C(N)=O. The van der Waals surface area contributed by atoms with Crippen LogP contribution in [0.2, 0.25) is 0 Å². The van der Waals surface area contributed by atoms with Crippen molar-refractivity contribution < 1.29 is 14.7 Å². The van der Waals surface area contributed by atoms with Crippen molar-refractivity contribution >= 4 is 23.6 Å². The van der Waals surface area contributed by atoms with E-state index in [4.69, 9.17) is 10.8 Å². The second-order valence-corrected chi connectivity index (χ2v) is 4.92. The van der Waals surface area contributed by atoms with Gasteiger partial charge in [0.1, 0.15) is 0 Å². The van der Waals surface area contributed by atoms with Crippen molar-refractivity contribution in [3.63, 3.8) is 0 Å². The molecule has 5 heteroatoms. The van der Waals surface area contributed by atoms with E-state index < -0.39 is 5.97 Å². The van der Waals surface area contributed by atoms with E-state index in [-0.39, 0.29) is 18.2 Å². The third-order valence-electron chi connectivity index (χ3n) is 2.26. The number of carboxylic acids is 1. The molecule has 0 radical (unpaired) electrons. The van der Waals surface area contributed by atoms with Crippen LogP contribution in [0.1, 0.15) is 12.5 Å². The van der Waals surface area contributed by atoms with E-state index in [1.165, 1.54) is 11.8 Å². The molecule has 0 aromatic heterocycles. The molecule has 0 aliphatic heterocycles. The Morgan fingerprint density at radius 1 is 1.35 bits per heavy atom. The van der Waals surface area contributed by atoms with Gasteiger partial charge in [-0.3, -0.25) is 9.59 Å². The lowest BCUT2D eigenvalue weighted by atomic mass is 10.2. The maximum Gasteiger partial charge on any atom is 0.307 e. The minimum atomic E-state index is -0.840. The van der Waals surface area contributed by atoms with Gasteiger partial charge in [0.2, 0.25) is 5.91 Å². The first-order chi connectivity index (χ1) is 7.99. The fraction of sp³-hybridized carbons (Fsp3) is 0.333. The number of carbonyl (C=O) groups excluding carboxylic acids is 1. The molecule has 1 aromatic rings. The fourth-order valence-corrected chi connectivity index (χ4v) is 2.12. The van der Waals surface area contributed by atoms with Crippen molar-refractivity contribution in [2.24, 2.45) is 11.7 Å². The zero-order valence-electron chi connectivity index (χ0n) is 9.55. The molecule has 1 amide bonds. The maximum atomic E-state index is 10.8. The van der Waals surface area contributed by atoms with Crippen molar-refractivity contribution in [2.75, 3.05) is 5.75 Å². The second kappa shape index (κ2) is 6.30. The monoisotopic (exact) mass is 253 g/mol. The quantitative estimate of drug-likeness (QED) is 0.753. The predicted molar refractivity (Wildman–Crippen MR) is 66.9 cm³/mol. The highest BCUT2D eigenvalue weighted by Gasteiger charge is 2.09. The summed E-state index contributed by atoms with van der Waals surface area (Å²) in [6, 6.07) is 7.28. The molecule has 0 saturated carbocycles. The molecule has 92 valence electrons. The summed E-state index contributed by atoms with van der Waals surface area (Å²) in [4.78, 5) is 22.3. The Balaban J connectivity index is 2.51. The number of amides is 1. The van der Waals surface area contributed by atoms with Crippen LogP contribution in [0.5, 0.6) is 0 Å². The van der Waals surface area contributed by atoms with Crippen molar-refractivity contribution in [3.8, 4) is 0 Å². The summed E-state index contributed by atoms with van der Waals surface area (Å²) in [5.74, 6) is -0.681. The number of carboxylic acid groups (broad SMARTS) is 1. The summed E-state index contributed by atoms with van der Waals surface area (Å²) < 4.78 is 0. The topological polar surface area (TPSA) is 80.4 Å². The first-order valence-electron chi connectivity index (χ1n) is 5.22. The first kappa shape index (κ1) is 13.6. The van der Waals surface area contributed by atoms with Gasteiger partial charge in [-0.1, -0.05) is 19.1 Å². The standard InChI is InChI=1S/C12H15NO3S/c1-8(12(13)16)7-17-10-4-2-9(3-5-10)6-11(14)15/h2-5,8H,6-7H2,1H3,(H2,13,16)(H,14,15). The molecule has 0 aliphatic carbocycles. The van der Waals surface area contributed by atoms with Crippen LogP contribution >= 0.6 is 11.8 Å². The Kier molecular flexibility index (Phi) is 5.03. The van der Waals surface area contributed by atoms with E-state index in [2.05, 4.69) is 0 Å². The van der Waals surface area contributed by atoms with E-state index in [1.807, 2.05) is 12.1 Å². The van der Waals surface area contributed by atoms with Crippen LogP contribution in [0.3, 0.4) is 0 Å². The lowest BCUT2D eigenvalue weighted by molar-refractivity contribution is -0.136. The van der Waals surface area contributed by atoms with Crippen LogP contribution in [0.15, 0.2) is 29.2 Å². The molecule has 0 bridgehead atoms. The van der Waals surface area contributed by atoms with E-state index >= 15 is 0 Å². The lowest BCUT2D eigenvalue weighted by Crippen LogP contribution is -2.22. The molecule has 1 aromatic carbocycles. The van der Waals surface area contributed by atoms with Gasteiger partial charge in [0.25, 0.3) is 0 Å². The van der Waals surface area contributed by atoms with E-state index in [9.17, 15) is 9.59 Å². The molecule has 3 N–H and O–H groups in total. The van der Waals surface area contributed by atoms with E-state index in [0.717, 1.165) is 10.5 Å². The zero-order valence-corrected chi connectivity index (χ0v) is 10.4. The fourth-order valence-electron chi connectivity index (χ4n) is 1.18. The largest absolute Gasteiger partial charge is 0.481 e. The van der Waals surface area contributed by atoms with Crippen LogP contribution in [-0.2, 0) is 16.0 Å². The zero-order chi connectivity index (χ0) is 12.8. The summed E-state index contributed by atoms with van der Waals surface area (Å²) in [7, 11) is 0. The number of hydrogen-bond donors (Lipinski definition) is 2. The number of carbonyl (C=O) groups is 2. The number of primary amides is 1. The average Bonchev–Trinajstić information content (AvgIpc) is 2.26. The van der Waals surface area contributed by atoms with Gasteiger partial charge in [0.05, 0.1) is 6.42 Å². The average molecular weight is 253 g/mol. The molecule has 1 rings (SSSR count). The number of nitrogens with two attached hydrogens (primary N) is 1. The van der Waals surface area contributed by atoms with Gasteiger partial charge in [-0.25, -0.2) is 0 Å². The normalized spacial score (nSPS) is 12.1. The second-order valence-electron chi connectivity index (χ2n) is 3.83. The summed E-state index contributed by atoms with van der Waals surface area (Å²) in [6.07, 6.45) is 0.0304. The number of aliphatic carboxylic acids is 1. The molecule has 17 heavy (non-hydrogen) atoms. The Morgan fingerprint density at radius 2 is 1.94 bits per heavy atom. The third-order valence-corrected chi connectivity index (χ3v) is 3.54.